The molecule has 0 spiro atoms. The molecule has 4 aliphatic rings. The minimum atomic E-state index is -0.365. The van der Waals surface area contributed by atoms with Gasteiger partial charge in [-0.05, 0) is 82.3 Å². The van der Waals surface area contributed by atoms with Crippen molar-refractivity contribution in [2.75, 3.05) is 13.2 Å². The number of hydrogen-bond acceptors (Lipinski definition) is 4. The fraction of sp³-hybridized carbons (Fsp3) is 0.682. The Morgan fingerprint density at radius 1 is 1.04 bits per heavy atom. The van der Waals surface area contributed by atoms with E-state index in [2.05, 4.69) is 0 Å². The van der Waals surface area contributed by atoms with Crippen LogP contribution in [0.25, 0.3) is 0 Å². The van der Waals surface area contributed by atoms with Crippen LogP contribution in [0, 0.1) is 30.1 Å². The van der Waals surface area contributed by atoms with Gasteiger partial charge in [0.2, 0.25) is 0 Å². The van der Waals surface area contributed by atoms with Gasteiger partial charge in [-0.2, -0.15) is 0 Å². The summed E-state index contributed by atoms with van der Waals surface area (Å²) in [5, 5.41) is 0. The van der Waals surface area contributed by atoms with Gasteiger partial charge in [0.15, 0.2) is 6.29 Å². The van der Waals surface area contributed by atoms with Crippen molar-refractivity contribution in [3.63, 3.8) is 0 Å². The van der Waals surface area contributed by atoms with Gasteiger partial charge in [0.05, 0.1) is 12.0 Å². The minimum Gasteiger partial charge on any atom is -0.465 e. The minimum absolute atomic E-state index is 0.0207. The third-order valence-electron chi connectivity index (χ3n) is 6.46. The normalized spacial score (nSPS) is 33.1. The molecule has 5 rings (SSSR count). The van der Waals surface area contributed by atoms with Crippen molar-refractivity contribution in [1.82, 2.24) is 0 Å². The Bertz CT molecular complexity index is 601. The molecule has 4 heteroatoms. The molecule has 0 aromatic heterocycles. The lowest BCUT2D eigenvalue weighted by atomic mass is 9.49. The highest BCUT2D eigenvalue weighted by atomic mass is 16.7. The summed E-state index contributed by atoms with van der Waals surface area (Å²) in [6.07, 6.45) is 6.79. The monoisotopic (exact) mass is 358 g/mol. The molecule has 4 bridgehead atoms. The fourth-order valence-electron chi connectivity index (χ4n) is 5.70. The van der Waals surface area contributed by atoms with Gasteiger partial charge in [-0.15, -0.1) is 0 Å². The van der Waals surface area contributed by atoms with E-state index in [1.54, 1.807) is 0 Å². The van der Waals surface area contributed by atoms with Crippen molar-refractivity contribution in [3.05, 3.63) is 29.8 Å². The molecule has 0 heterocycles. The number of carbonyl (C=O) groups excluding carboxylic acids is 1. The zero-order valence-corrected chi connectivity index (χ0v) is 15.9. The summed E-state index contributed by atoms with van der Waals surface area (Å²) in [6, 6.07) is 7.88. The van der Waals surface area contributed by atoms with E-state index in [4.69, 9.17) is 14.2 Å². The SMILES string of the molecule is Cc1ccc(OC(C)OCCOC(=O)C23CC4CC(CC(C4)C2)C3)cc1. The van der Waals surface area contributed by atoms with Gasteiger partial charge in [-0.25, -0.2) is 0 Å². The number of aryl methyl sites for hydroxylation is 1. The second-order valence-electron chi connectivity index (χ2n) is 8.70. The van der Waals surface area contributed by atoms with E-state index < -0.39 is 0 Å². The molecule has 0 radical (unpaired) electrons. The first-order valence-electron chi connectivity index (χ1n) is 10.0. The van der Waals surface area contributed by atoms with Crippen LogP contribution in [-0.4, -0.2) is 25.5 Å². The van der Waals surface area contributed by atoms with E-state index in [0.717, 1.165) is 42.8 Å². The van der Waals surface area contributed by atoms with Gasteiger partial charge in [-0.1, -0.05) is 17.7 Å². The van der Waals surface area contributed by atoms with Crippen LogP contribution in [0.2, 0.25) is 0 Å². The molecule has 4 fully saturated rings. The molecule has 142 valence electrons. The molecule has 0 aliphatic heterocycles. The number of carbonyl (C=O) groups is 1. The molecular weight excluding hydrogens is 328 g/mol. The molecule has 1 atom stereocenters. The highest BCUT2D eigenvalue weighted by Crippen LogP contribution is 2.60. The van der Waals surface area contributed by atoms with E-state index >= 15 is 0 Å². The van der Waals surface area contributed by atoms with E-state index in [1.165, 1.54) is 24.8 Å². The summed E-state index contributed by atoms with van der Waals surface area (Å²) in [5.41, 5.74) is 1.01. The lowest BCUT2D eigenvalue weighted by Gasteiger charge is -2.55. The lowest BCUT2D eigenvalue weighted by Crippen LogP contribution is -2.50. The first-order valence-corrected chi connectivity index (χ1v) is 10.0. The predicted molar refractivity (Wildman–Crippen MR) is 98.8 cm³/mol. The fourth-order valence-corrected chi connectivity index (χ4v) is 5.70. The maximum Gasteiger partial charge on any atom is 0.312 e. The summed E-state index contributed by atoms with van der Waals surface area (Å²) < 4.78 is 17.0. The quantitative estimate of drug-likeness (QED) is 0.409. The van der Waals surface area contributed by atoms with Crippen LogP contribution in [0.4, 0.5) is 0 Å². The number of esters is 1. The summed E-state index contributed by atoms with van der Waals surface area (Å²) in [4.78, 5) is 12.8. The van der Waals surface area contributed by atoms with Crippen LogP contribution in [0.5, 0.6) is 5.75 Å². The molecule has 1 aromatic carbocycles. The Kier molecular flexibility index (Phi) is 4.96. The van der Waals surface area contributed by atoms with Crippen LogP contribution in [-0.2, 0) is 14.3 Å². The van der Waals surface area contributed by atoms with Gasteiger partial charge in [0, 0.05) is 0 Å². The molecule has 0 amide bonds. The Morgan fingerprint density at radius 2 is 1.62 bits per heavy atom. The third-order valence-corrected chi connectivity index (χ3v) is 6.46. The van der Waals surface area contributed by atoms with Gasteiger partial charge >= 0.3 is 5.97 Å². The molecule has 0 saturated heterocycles. The van der Waals surface area contributed by atoms with E-state index in [0.29, 0.717) is 13.2 Å². The zero-order chi connectivity index (χ0) is 18.1. The van der Waals surface area contributed by atoms with Crippen molar-refractivity contribution < 1.29 is 19.0 Å². The van der Waals surface area contributed by atoms with Crippen molar-refractivity contribution >= 4 is 5.97 Å². The predicted octanol–water partition coefficient (Wildman–Crippen LogP) is 4.50. The molecule has 4 saturated carbocycles. The Morgan fingerprint density at radius 3 is 2.19 bits per heavy atom. The third kappa shape index (κ3) is 3.75. The summed E-state index contributed by atoms with van der Waals surface area (Å²) in [7, 11) is 0. The molecule has 1 aromatic rings. The molecule has 26 heavy (non-hydrogen) atoms. The maximum atomic E-state index is 12.8. The van der Waals surface area contributed by atoms with Crippen LogP contribution in [0.1, 0.15) is 51.0 Å². The molecule has 4 aliphatic carbocycles. The number of benzene rings is 1. The van der Waals surface area contributed by atoms with Gasteiger partial charge in [0.1, 0.15) is 12.4 Å². The highest BCUT2D eigenvalue weighted by Gasteiger charge is 2.55. The van der Waals surface area contributed by atoms with Crippen LogP contribution >= 0.6 is 0 Å². The highest BCUT2D eigenvalue weighted by molar-refractivity contribution is 5.77. The van der Waals surface area contributed by atoms with Crippen molar-refractivity contribution in [1.29, 1.82) is 0 Å². The van der Waals surface area contributed by atoms with Crippen LogP contribution in [0.15, 0.2) is 24.3 Å². The Labute approximate surface area is 156 Å². The van der Waals surface area contributed by atoms with Gasteiger partial charge in [-0.3, -0.25) is 4.79 Å². The first kappa shape index (κ1) is 17.8. The summed E-state index contributed by atoms with van der Waals surface area (Å²) in [6.45, 7) is 4.58. The topological polar surface area (TPSA) is 44.8 Å². The summed E-state index contributed by atoms with van der Waals surface area (Å²) in [5.74, 6) is 3.08. The number of rotatable bonds is 7. The van der Waals surface area contributed by atoms with Crippen LogP contribution in [0.3, 0.4) is 0 Å². The smallest absolute Gasteiger partial charge is 0.312 e. The molecular formula is C22H30O4. The molecule has 4 nitrogen and oxygen atoms in total. The molecule has 0 N–H and O–H groups in total. The van der Waals surface area contributed by atoms with E-state index in [-0.39, 0.29) is 17.7 Å². The van der Waals surface area contributed by atoms with E-state index in [1.807, 2.05) is 38.1 Å². The average Bonchev–Trinajstić information content (AvgIpc) is 2.59. The standard InChI is InChI=1S/C22H30O4/c1-15-3-5-20(6-4-15)26-16(2)24-7-8-25-21(23)22-12-17-9-18(13-22)11-19(10-17)14-22/h3-6,16-19H,7-14H2,1-2H3. The van der Waals surface area contributed by atoms with Gasteiger partial charge < -0.3 is 14.2 Å². The second kappa shape index (κ2) is 7.22. The summed E-state index contributed by atoms with van der Waals surface area (Å²) >= 11 is 0. The molecule has 1 unspecified atom stereocenters. The van der Waals surface area contributed by atoms with Gasteiger partial charge in [0.25, 0.3) is 0 Å². The average molecular weight is 358 g/mol. The first-order chi connectivity index (χ1) is 12.5. The van der Waals surface area contributed by atoms with Crippen molar-refractivity contribution in [2.24, 2.45) is 23.2 Å². The number of ether oxygens (including phenoxy) is 3. The zero-order valence-electron chi connectivity index (χ0n) is 15.9. The second-order valence-corrected chi connectivity index (χ2v) is 8.70. The number of hydrogen-bond donors (Lipinski definition) is 0. The Balaban J connectivity index is 1.20. The Hall–Kier alpha value is -1.55. The van der Waals surface area contributed by atoms with E-state index in [9.17, 15) is 4.79 Å². The lowest BCUT2D eigenvalue weighted by molar-refractivity contribution is -0.175. The largest absolute Gasteiger partial charge is 0.465 e. The van der Waals surface area contributed by atoms with Crippen LogP contribution < -0.4 is 4.74 Å². The maximum absolute atomic E-state index is 12.8. The van der Waals surface area contributed by atoms with Crippen molar-refractivity contribution in [2.45, 2.75) is 58.7 Å². The van der Waals surface area contributed by atoms with Crippen molar-refractivity contribution in [3.8, 4) is 5.75 Å².